The number of imide groups is 1. The molecule has 2 heterocycles. The Balaban J connectivity index is 1.58. The van der Waals surface area contributed by atoms with Crippen molar-refractivity contribution >= 4 is 29.5 Å². The van der Waals surface area contributed by atoms with Crippen LogP contribution in [-0.2, 0) is 19.2 Å². The summed E-state index contributed by atoms with van der Waals surface area (Å²) < 4.78 is 5.24. The lowest BCUT2D eigenvalue weighted by molar-refractivity contribution is -0.147. The van der Waals surface area contributed by atoms with Crippen LogP contribution in [0.15, 0.2) is 24.3 Å². The molecule has 3 rings (SSSR count). The lowest BCUT2D eigenvalue weighted by atomic mass is 10.0. The van der Waals surface area contributed by atoms with Gasteiger partial charge in [-0.3, -0.25) is 28.9 Å². The van der Waals surface area contributed by atoms with Gasteiger partial charge in [-0.15, -0.1) is 0 Å². The first-order valence-electron chi connectivity index (χ1n) is 11.1. The van der Waals surface area contributed by atoms with Crippen molar-refractivity contribution in [3.63, 3.8) is 0 Å². The van der Waals surface area contributed by atoms with Gasteiger partial charge in [-0.1, -0.05) is 26.0 Å². The smallest absolute Gasteiger partial charge is 0.255 e. The van der Waals surface area contributed by atoms with E-state index in [0.29, 0.717) is 37.5 Å². The van der Waals surface area contributed by atoms with Crippen LogP contribution in [0.2, 0.25) is 0 Å². The molecule has 10 nitrogen and oxygen atoms in total. The van der Waals surface area contributed by atoms with Crippen LogP contribution in [0.4, 0.5) is 0 Å². The summed E-state index contributed by atoms with van der Waals surface area (Å²) in [6.45, 7) is 4.66. The predicted octanol–water partition coefficient (Wildman–Crippen LogP) is 0.269. The Hall–Kier alpha value is -3.43. The van der Waals surface area contributed by atoms with E-state index < -0.39 is 11.9 Å². The van der Waals surface area contributed by atoms with E-state index in [0.717, 1.165) is 4.90 Å². The van der Waals surface area contributed by atoms with E-state index >= 15 is 0 Å². The number of methoxy groups -OCH3 is 1. The molecule has 2 fully saturated rings. The van der Waals surface area contributed by atoms with Gasteiger partial charge in [0.25, 0.3) is 5.91 Å². The van der Waals surface area contributed by atoms with Gasteiger partial charge in [-0.05, 0) is 18.1 Å². The highest BCUT2D eigenvalue weighted by Crippen LogP contribution is 2.19. The average molecular weight is 459 g/mol. The highest BCUT2D eigenvalue weighted by molar-refractivity contribution is 6.04. The molecule has 1 atom stereocenters. The highest BCUT2D eigenvalue weighted by Gasteiger charge is 2.35. The Morgan fingerprint density at radius 3 is 2.12 bits per heavy atom. The molecule has 0 spiro atoms. The quantitative estimate of drug-likeness (QED) is 0.587. The molecule has 2 saturated heterocycles. The second-order valence-electron chi connectivity index (χ2n) is 8.48. The minimum absolute atomic E-state index is 0.144. The number of amides is 5. The maximum atomic E-state index is 13.2. The summed E-state index contributed by atoms with van der Waals surface area (Å²) in [6, 6.07) is 6.07. The topological polar surface area (TPSA) is 116 Å². The highest BCUT2D eigenvalue weighted by atomic mass is 16.5. The molecule has 0 radical (unpaired) electrons. The molecule has 0 aliphatic carbocycles. The first-order valence-corrected chi connectivity index (χ1v) is 11.1. The molecule has 0 bridgehead atoms. The summed E-state index contributed by atoms with van der Waals surface area (Å²) in [6.07, 6.45) is 0.289. The number of rotatable bonds is 7. The van der Waals surface area contributed by atoms with Gasteiger partial charge in [0.15, 0.2) is 0 Å². The minimum Gasteiger partial charge on any atom is -0.496 e. The second-order valence-corrected chi connectivity index (χ2v) is 8.48. The van der Waals surface area contributed by atoms with Crippen molar-refractivity contribution < 1.29 is 28.7 Å². The summed E-state index contributed by atoms with van der Waals surface area (Å²) in [5.41, 5.74) is 0.347. The van der Waals surface area contributed by atoms with E-state index in [1.165, 1.54) is 7.11 Å². The number of hydrogen-bond acceptors (Lipinski definition) is 6. The van der Waals surface area contributed by atoms with Crippen molar-refractivity contribution in [1.82, 2.24) is 20.0 Å². The van der Waals surface area contributed by atoms with Crippen LogP contribution in [0.25, 0.3) is 0 Å². The van der Waals surface area contributed by atoms with Crippen molar-refractivity contribution in [2.24, 2.45) is 5.92 Å². The zero-order chi connectivity index (χ0) is 24.1. The molecule has 0 aromatic heterocycles. The summed E-state index contributed by atoms with van der Waals surface area (Å²) in [4.78, 5) is 66.2. The molecule has 1 aromatic carbocycles. The maximum Gasteiger partial charge on any atom is 0.255 e. The Bertz CT molecular complexity index is 923. The summed E-state index contributed by atoms with van der Waals surface area (Å²) in [5.74, 6) is -1.30. The van der Waals surface area contributed by atoms with Gasteiger partial charge < -0.3 is 19.9 Å². The second kappa shape index (κ2) is 10.5. The number of piperazine rings is 1. The van der Waals surface area contributed by atoms with Gasteiger partial charge in [0.05, 0.1) is 12.7 Å². The van der Waals surface area contributed by atoms with Crippen molar-refractivity contribution in [2.75, 3.05) is 39.8 Å². The lowest BCUT2D eigenvalue weighted by Gasteiger charge is -2.37. The largest absolute Gasteiger partial charge is 0.496 e. The van der Waals surface area contributed by atoms with Crippen LogP contribution >= 0.6 is 0 Å². The van der Waals surface area contributed by atoms with E-state index in [1.807, 2.05) is 13.8 Å². The Morgan fingerprint density at radius 2 is 1.55 bits per heavy atom. The molecule has 2 aliphatic heterocycles. The van der Waals surface area contributed by atoms with Crippen molar-refractivity contribution in [3.8, 4) is 5.75 Å². The molecule has 10 heteroatoms. The SMILES string of the molecule is COc1ccccc1C(=O)NC(C(=O)N1CCN(C(=O)CN2C(=O)CCC2=O)CC1)C(C)C. The monoisotopic (exact) mass is 458 g/mol. The van der Waals surface area contributed by atoms with E-state index in [4.69, 9.17) is 4.74 Å². The number of carbonyl (C=O) groups is 5. The zero-order valence-electron chi connectivity index (χ0n) is 19.2. The number of likely N-dealkylation sites (tertiary alicyclic amines) is 1. The molecular formula is C23H30N4O6. The number of hydrogen-bond donors (Lipinski definition) is 1. The van der Waals surface area contributed by atoms with Crippen LogP contribution in [0, 0.1) is 5.92 Å². The first kappa shape index (κ1) is 24.2. The number of para-hydroxylation sites is 1. The first-order chi connectivity index (χ1) is 15.7. The fraction of sp³-hybridized carbons (Fsp3) is 0.522. The lowest BCUT2D eigenvalue weighted by Crippen LogP contribution is -2.58. The Kier molecular flexibility index (Phi) is 7.67. The maximum absolute atomic E-state index is 13.2. The third-order valence-electron chi connectivity index (χ3n) is 5.96. The van der Waals surface area contributed by atoms with Crippen LogP contribution in [-0.4, -0.2) is 90.1 Å². The van der Waals surface area contributed by atoms with E-state index in [1.54, 1.807) is 34.1 Å². The third-order valence-corrected chi connectivity index (χ3v) is 5.96. The van der Waals surface area contributed by atoms with E-state index in [2.05, 4.69) is 5.32 Å². The third kappa shape index (κ3) is 5.50. The number of ether oxygens (including phenoxy) is 1. The van der Waals surface area contributed by atoms with Crippen LogP contribution in [0.1, 0.15) is 37.0 Å². The Morgan fingerprint density at radius 1 is 0.970 bits per heavy atom. The standard InChI is InChI=1S/C23H30N4O6/c1-15(2)21(24-22(31)16-6-4-5-7-17(16)33-3)23(32)26-12-10-25(11-13-26)20(30)14-27-18(28)8-9-19(27)29/h4-7,15,21H,8-14H2,1-3H3,(H,24,31). The molecule has 178 valence electrons. The van der Waals surface area contributed by atoms with Gasteiger partial charge >= 0.3 is 0 Å². The summed E-state index contributed by atoms with van der Waals surface area (Å²) in [5, 5.41) is 2.82. The number of carbonyl (C=O) groups excluding carboxylic acids is 5. The van der Waals surface area contributed by atoms with Gasteiger partial charge in [0.1, 0.15) is 18.3 Å². The average Bonchev–Trinajstić information content (AvgIpc) is 3.13. The summed E-state index contributed by atoms with van der Waals surface area (Å²) in [7, 11) is 1.48. The molecular weight excluding hydrogens is 428 g/mol. The van der Waals surface area contributed by atoms with E-state index in [9.17, 15) is 24.0 Å². The predicted molar refractivity (Wildman–Crippen MR) is 118 cm³/mol. The molecule has 1 aromatic rings. The van der Waals surface area contributed by atoms with Gasteiger partial charge in [-0.2, -0.15) is 0 Å². The van der Waals surface area contributed by atoms with E-state index in [-0.39, 0.29) is 48.9 Å². The molecule has 0 saturated carbocycles. The van der Waals surface area contributed by atoms with Crippen molar-refractivity contribution in [3.05, 3.63) is 29.8 Å². The van der Waals surface area contributed by atoms with Crippen LogP contribution in [0.3, 0.4) is 0 Å². The fourth-order valence-electron chi connectivity index (χ4n) is 3.97. The molecule has 5 amide bonds. The molecule has 33 heavy (non-hydrogen) atoms. The van der Waals surface area contributed by atoms with Gasteiger partial charge in [0.2, 0.25) is 23.6 Å². The normalized spacial score (nSPS) is 17.4. The van der Waals surface area contributed by atoms with Gasteiger partial charge in [-0.25, -0.2) is 0 Å². The Labute approximate surface area is 192 Å². The molecule has 2 aliphatic rings. The zero-order valence-corrected chi connectivity index (χ0v) is 19.2. The van der Waals surface area contributed by atoms with Crippen molar-refractivity contribution in [2.45, 2.75) is 32.7 Å². The molecule has 1 unspecified atom stereocenters. The number of nitrogens with one attached hydrogen (secondary N) is 1. The number of nitrogens with zero attached hydrogens (tertiary/aromatic N) is 3. The fourth-order valence-corrected chi connectivity index (χ4v) is 3.97. The van der Waals surface area contributed by atoms with Crippen LogP contribution < -0.4 is 10.1 Å². The van der Waals surface area contributed by atoms with Crippen molar-refractivity contribution in [1.29, 1.82) is 0 Å². The summed E-state index contributed by atoms with van der Waals surface area (Å²) >= 11 is 0. The minimum atomic E-state index is -0.732. The van der Waals surface area contributed by atoms with Gasteiger partial charge in [0, 0.05) is 39.0 Å². The van der Waals surface area contributed by atoms with Crippen LogP contribution in [0.5, 0.6) is 5.75 Å². The number of benzene rings is 1. The molecule has 1 N–H and O–H groups in total.